The Labute approximate surface area is 66.5 Å². The molecule has 0 bridgehead atoms. The van der Waals surface area contributed by atoms with Gasteiger partial charge in [0.15, 0.2) is 0 Å². The molecule has 9 heavy (non-hydrogen) atoms. The second kappa shape index (κ2) is 6.23. The van der Waals surface area contributed by atoms with E-state index < -0.39 is 5.97 Å². The smallest absolute Gasteiger partial charge is 0.303 e. The molecule has 0 aliphatic heterocycles. The Morgan fingerprint density at radius 1 is 1.78 bits per heavy atom. The third-order valence-electron chi connectivity index (χ3n) is 0.776. The average Bonchev–Trinajstić information content (AvgIpc) is 1.61. The fourth-order valence-electron chi connectivity index (χ4n) is 0.332. The van der Waals surface area contributed by atoms with Crippen LogP contribution in [-0.2, 0) is 4.79 Å². The van der Waals surface area contributed by atoms with E-state index >= 15 is 0 Å². The number of halogens is 1. The lowest BCUT2D eigenvalue weighted by Crippen LogP contribution is -1.98. The second-order valence-electron chi connectivity index (χ2n) is 1.78. The molecule has 0 spiro atoms. The lowest BCUT2D eigenvalue weighted by atomic mass is 10.2. The van der Waals surface area contributed by atoms with Gasteiger partial charge in [-0.2, -0.15) is 12.6 Å². The van der Waals surface area contributed by atoms with E-state index in [1.54, 1.807) is 0 Å². The number of carboxylic acids is 1. The molecule has 0 aromatic rings. The summed E-state index contributed by atoms with van der Waals surface area (Å²) < 4.78 is 0. The van der Waals surface area contributed by atoms with Crippen LogP contribution in [0.2, 0.25) is 0 Å². The van der Waals surface area contributed by atoms with Crippen molar-refractivity contribution in [1.29, 1.82) is 0 Å². The summed E-state index contributed by atoms with van der Waals surface area (Å²) >= 11 is 4.01. The standard InChI is InChI=1S/C5H10O2S.ClH/c1-4(8)2-3-5(6)7;/h4,8H,2-3H2,1H3,(H,6,7);1H. The number of carbonyl (C=O) groups is 1. The van der Waals surface area contributed by atoms with Crippen molar-refractivity contribution in [1.82, 2.24) is 0 Å². The van der Waals surface area contributed by atoms with Gasteiger partial charge >= 0.3 is 5.97 Å². The van der Waals surface area contributed by atoms with Gasteiger partial charge in [-0.05, 0) is 11.7 Å². The first-order valence-electron chi connectivity index (χ1n) is 2.53. The molecule has 56 valence electrons. The highest BCUT2D eigenvalue weighted by molar-refractivity contribution is 7.80. The predicted octanol–water partition coefficient (Wildman–Crippen LogP) is 1.59. The Morgan fingerprint density at radius 3 is 2.33 bits per heavy atom. The van der Waals surface area contributed by atoms with Crippen LogP contribution < -0.4 is 0 Å². The van der Waals surface area contributed by atoms with Crippen LogP contribution in [0.4, 0.5) is 0 Å². The summed E-state index contributed by atoms with van der Waals surface area (Å²) in [6.45, 7) is 1.88. The summed E-state index contributed by atoms with van der Waals surface area (Å²) in [5, 5.41) is 8.33. The molecule has 0 aliphatic rings. The molecule has 0 aliphatic carbocycles. The maximum absolute atomic E-state index is 9.87. The summed E-state index contributed by atoms with van der Waals surface area (Å²) in [7, 11) is 0. The Hall–Kier alpha value is 0.110. The Balaban J connectivity index is 0. The lowest BCUT2D eigenvalue weighted by molar-refractivity contribution is -0.137. The van der Waals surface area contributed by atoms with Crippen LogP contribution in [-0.4, -0.2) is 16.3 Å². The van der Waals surface area contributed by atoms with E-state index in [2.05, 4.69) is 12.6 Å². The lowest BCUT2D eigenvalue weighted by Gasteiger charge is -1.96. The molecule has 0 fully saturated rings. The van der Waals surface area contributed by atoms with Crippen LogP contribution >= 0.6 is 25.0 Å². The largest absolute Gasteiger partial charge is 0.481 e. The van der Waals surface area contributed by atoms with Gasteiger partial charge < -0.3 is 5.11 Å². The number of rotatable bonds is 3. The van der Waals surface area contributed by atoms with Crippen molar-refractivity contribution < 1.29 is 9.90 Å². The minimum atomic E-state index is -0.745. The molecular weight excluding hydrogens is 160 g/mol. The third-order valence-corrected chi connectivity index (χ3v) is 1.03. The van der Waals surface area contributed by atoms with Crippen LogP contribution in [0.5, 0.6) is 0 Å². The molecule has 0 aromatic carbocycles. The first-order valence-corrected chi connectivity index (χ1v) is 3.04. The van der Waals surface area contributed by atoms with Gasteiger partial charge in [0.2, 0.25) is 0 Å². The summed E-state index contributed by atoms with van der Waals surface area (Å²) in [5.74, 6) is -0.745. The third kappa shape index (κ3) is 11.6. The number of hydrogen-bond acceptors (Lipinski definition) is 2. The highest BCUT2D eigenvalue weighted by Gasteiger charge is 1.98. The van der Waals surface area contributed by atoms with Gasteiger partial charge in [0.05, 0.1) is 0 Å². The van der Waals surface area contributed by atoms with Crippen molar-refractivity contribution in [2.24, 2.45) is 0 Å². The monoisotopic (exact) mass is 170 g/mol. The minimum Gasteiger partial charge on any atom is -0.481 e. The van der Waals surface area contributed by atoms with Crippen LogP contribution in [0.25, 0.3) is 0 Å². The molecule has 2 nitrogen and oxygen atoms in total. The molecular formula is C5H11ClO2S. The molecule has 0 saturated heterocycles. The highest BCUT2D eigenvalue weighted by atomic mass is 35.5. The number of thiol groups is 1. The van der Waals surface area contributed by atoms with E-state index in [4.69, 9.17) is 5.11 Å². The molecule has 0 amide bonds. The quantitative estimate of drug-likeness (QED) is 0.632. The number of carboxylic acid groups (broad SMARTS) is 1. The van der Waals surface area contributed by atoms with Gasteiger partial charge in [-0.25, -0.2) is 0 Å². The first-order chi connectivity index (χ1) is 3.63. The van der Waals surface area contributed by atoms with Crippen LogP contribution in [0.15, 0.2) is 0 Å². The van der Waals surface area contributed by atoms with E-state index in [0.717, 1.165) is 0 Å². The van der Waals surface area contributed by atoms with Crippen LogP contribution in [0.3, 0.4) is 0 Å². The summed E-state index contributed by atoms with van der Waals surface area (Å²) in [6.07, 6.45) is 0.878. The van der Waals surface area contributed by atoms with Crippen molar-refractivity contribution in [3.05, 3.63) is 0 Å². The molecule has 4 heteroatoms. The van der Waals surface area contributed by atoms with Crippen LogP contribution in [0.1, 0.15) is 19.8 Å². The summed E-state index contributed by atoms with van der Waals surface area (Å²) in [6, 6.07) is 0. The second-order valence-corrected chi connectivity index (χ2v) is 2.66. The zero-order valence-electron chi connectivity index (χ0n) is 5.20. The molecule has 1 unspecified atom stereocenters. The first kappa shape index (κ1) is 11.9. The molecule has 0 radical (unpaired) electrons. The van der Waals surface area contributed by atoms with E-state index in [1.807, 2.05) is 6.92 Å². The highest BCUT2D eigenvalue weighted by Crippen LogP contribution is 2.01. The van der Waals surface area contributed by atoms with Crippen molar-refractivity contribution in [3.63, 3.8) is 0 Å². The zero-order chi connectivity index (χ0) is 6.57. The van der Waals surface area contributed by atoms with E-state index in [1.165, 1.54) is 0 Å². The van der Waals surface area contributed by atoms with E-state index in [9.17, 15) is 4.79 Å². The molecule has 0 aromatic heterocycles. The van der Waals surface area contributed by atoms with E-state index in [-0.39, 0.29) is 24.1 Å². The van der Waals surface area contributed by atoms with Crippen molar-refractivity contribution in [3.8, 4) is 0 Å². The Morgan fingerprint density at radius 2 is 2.22 bits per heavy atom. The van der Waals surface area contributed by atoms with Gasteiger partial charge in [0.25, 0.3) is 0 Å². The Kier molecular flexibility index (Phi) is 8.21. The minimum absolute atomic E-state index is 0. The fourth-order valence-corrected chi connectivity index (χ4v) is 0.461. The van der Waals surface area contributed by atoms with Gasteiger partial charge in [-0.15, -0.1) is 12.4 Å². The number of aliphatic carboxylic acids is 1. The van der Waals surface area contributed by atoms with Gasteiger partial charge in [0, 0.05) is 6.42 Å². The maximum atomic E-state index is 9.87. The SMILES string of the molecule is CC(S)CCC(=O)O.Cl. The molecule has 0 heterocycles. The molecule has 0 rings (SSSR count). The predicted molar refractivity (Wildman–Crippen MR) is 42.6 cm³/mol. The van der Waals surface area contributed by atoms with E-state index in [0.29, 0.717) is 6.42 Å². The van der Waals surface area contributed by atoms with Crippen molar-refractivity contribution >= 4 is 31.0 Å². The average molecular weight is 171 g/mol. The fraction of sp³-hybridized carbons (Fsp3) is 0.800. The topological polar surface area (TPSA) is 37.3 Å². The van der Waals surface area contributed by atoms with Gasteiger partial charge in [-0.3, -0.25) is 4.79 Å². The number of hydrogen-bond donors (Lipinski definition) is 2. The molecule has 1 atom stereocenters. The van der Waals surface area contributed by atoms with Crippen molar-refractivity contribution in [2.45, 2.75) is 25.0 Å². The van der Waals surface area contributed by atoms with Crippen LogP contribution in [0, 0.1) is 0 Å². The molecule has 1 N–H and O–H groups in total. The van der Waals surface area contributed by atoms with Crippen molar-refractivity contribution in [2.75, 3.05) is 0 Å². The van der Waals surface area contributed by atoms with Gasteiger partial charge in [0.1, 0.15) is 0 Å². The zero-order valence-corrected chi connectivity index (χ0v) is 6.91. The molecule has 0 saturated carbocycles. The van der Waals surface area contributed by atoms with Gasteiger partial charge in [-0.1, -0.05) is 6.92 Å². The normalized spacial score (nSPS) is 11.8. The summed E-state index contributed by atoms with van der Waals surface area (Å²) in [5.41, 5.74) is 0. The maximum Gasteiger partial charge on any atom is 0.303 e. The summed E-state index contributed by atoms with van der Waals surface area (Å²) in [4.78, 5) is 9.87. The Bertz CT molecular complexity index is 85.0.